The molecular weight excluding hydrogens is 498 g/mol. The fourth-order valence-corrected chi connectivity index (χ4v) is 4.60. The number of amides is 1. The van der Waals surface area contributed by atoms with Gasteiger partial charge in [-0.1, -0.05) is 41.9 Å². The SMILES string of the molecule is O=C(COc1ccc(-c2ncccn2)cc1CN1CCN(c2ccccc2)CC1)NCc1ccc(Cl)cc1. The number of anilines is 1. The van der Waals surface area contributed by atoms with Gasteiger partial charge in [-0.2, -0.15) is 0 Å². The highest BCUT2D eigenvalue weighted by atomic mass is 35.5. The molecule has 38 heavy (non-hydrogen) atoms. The van der Waals surface area contributed by atoms with Gasteiger partial charge in [0.15, 0.2) is 12.4 Å². The fraction of sp³-hybridized carbons (Fsp3) is 0.233. The molecule has 4 aromatic rings. The molecule has 0 aliphatic carbocycles. The number of nitrogens with zero attached hydrogens (tertiary/aromatic N) is 4. The van der Waals surface area contributed by atoms with Crippen molar-refractivity contribution < 1.29 is 9.53 Å². The van der Waals surface area contributed by atoms with E-state index in [1.165, 1.54) is 5.69 Å². The third-order valence-corrected chi connectivity index (χ3v) is 6.79. The Morgan fingerprint density at radius 1 is 0.895 bits per heavy atom. The predicted octanol–water partition coefficient (Wildman–Crippen LogP) is 4.81. The monoisotopic (exact) mass is 527 g/mol. The summed E-state index contributed by atoms with van der Waals surface area (Å²) in [6.45, 7) is 4.84. The lowest BCUT2D eigenvalue weighted by Crippen LogP contribution is -2.46. The van der Waals surface area contributed by atoms with E-state index in [2.05, 4.69) is 55.4 Å². The first-order valence-electron chi connectivity index (χ1n) is 12.7. The summed E-state index contributed by atoms with van der Waals surface area (Å²) in [6.07, 6.45) is 3.47. The molecule has 2 heterocycles. The minimum absolute atomic E-state index is 0.0659. The maximum atomic E-state index is 12.5. The van der Waals surface area contributed by atoms with Crippen molar-refractivity contribution in [3.05, 3.63) is 107 Å². The summed E-state index contributed by atoms with van der Waals surface area (Å²) in [5, 5.41) is 3.57. The molecule has 8 heteroatoms. The smallest absolute Gasteiger partial charge is 0.258 e. The molecule has 1 saturated heterocycles. The van der Waals surface area contributed by atoms with Crippen LogP contribution in [0.15, 0.2) is 91.3 Å². The van der Waals surface area contributed by atoms with E-state index in [1.807, 2.05) is 42.5 Å². The molecule has 0 saturated carbocycles. The number of carbonyl (C=O) groups excluding carboxylic acids is 1. The number of para-hydroxylation sites is 1. The first kappa shape index (κ1) is 25.7. The van der Waals surface area contributed by atoms with Crippen LogP contribution in [-0.4, -0.2) is 53.6 Å². The molecule has 0 unspecified atom stereocenters. The highest BCUT2D eigenvalue weighted by Crippen LogP contribution is 2.27. The average molecular weight is 528 g/mol. The van der Waals surface area contributed by atoms with Crippen LogP contribution in [0.3, 0.4) is 0 Å². The lowest BCUT2D eigenvalue weighted by Gasteiger charge is -2.36. The van der Waals surface area contributed by atoms with Crippen LogP contribution in [0, 0.1) is 0 Å². The molecule has 1 N–H and O–H groups in total. The van der Waals surface area contributed by atoms with Crippen LogP contribution in [-0.2, 0) is 17.9 Å². The van der Waals surface area contributed by atoms with Gasteiger partial charge in [-0.15, -0.1) is 0 Å². The first-order chi connectivity index (χ1) is 18.6. The van der Waals surface area contributed by atoms with Crippen molar-refractivity contribution in [3.8, 4) is 17.1 Å². The van der Waals surface area contributed by atoms with Crippen molar-refractivity contribution in [1.82, 2.24) is 20.2 Å². The highest BCUT2D eigenvalue weighted by molar-refractivity contribution is 6.30. The summed E-state index contributed by atoms with van der Waals surface area (Å²) in [4.78, 5) is 26.1. The van der Waals surface area contributed by atoms with Crippen LogP contribution in [0.4, 0.5) is 5.69 Å². The molecule has 3 aromatic carbocycles. The molecule has 0 spiro atoms. The van der Waals surface area contributed by atoms with Gasteiger partial charge in [0.1, 0.15) is 5.75 Å². The number of carbonyl (C=O) groups is 1. The molecule has 7 nitrogen and oxygen atoms in total. The number of aromatic nitrogens is 2. The van der Waals surface area contributed by atoms with E-state index in [0.717, 1.165) is 42.9 Å². The predicted molar refractivity (Wildman–Crippen MR) is 150 cm³/mol. The zero-order valence-corrected chi connectivity index (χ0v) is 21.8. The van der Waals surface area contributed by atoms with Gasteiger partial charge in [0.05, 0.1) is 0 Å². The summed E-state index contributed by atoms with van der Waals surface area (Å²) in [5.41, 5.74) is 4.16. The second kappa shape index (κ2) is 12.5. The molecule has 1 aliphatic heterocycles. The van der Waals surface area contributed by atoms with Crippen LogP contribution in [0.25, 0.3) is 11.4 Å². The summed E-state index contributed by atoms with van der Waals surface area (Å²) in [5.74, 6) is 1.17. The molecule has 0 radical (unpaired) electrons. The Bertz CT molecular complexity index is 1330. The van der Waals surface area contributed by atoms with Gasteiger partial charge in [0.25, 0.3) is 5.91 Å². The standard InChI is InChI=1S/C30H30ClN5O2/c31-26-10-7-23(8-11-26)20-34-29(37)22-38-28-12-9-24(30-32-13-4-14-33-30)19-25(28)21-35-15-17-36(18-16-35)27-5-2-1-3-6-27/h1-14,19H,15-18,20-22H2,(H,34,37). The number of rotatable bonds is 9. The molecule has 0 atom stereocenters. The number of ether oxygens (including phenoxy) is 1. The quantitative estimate of drug-likeness (QED) is 0.337. The second-order valence-corrected chi connectivity index (χ2v) is 9.62. The molecule has 1 aliphatic rings. The van der Waals surface area contributed by atoms with Gasteiger partial charge in [-0.25, -0.2) is 9.97 Å². The van der Waals surface area contributed by atoms with Crippen molar-refractivity contribution >= 4 is 23.2 Å². The van der Waals surface area contributed by atoms with Gasteiger partial charge in [-0.05, 0) is 54.1 Å². The maximum absolute atomic E-state index is 12.5. The summed E-state index contributed by atoms with van der Waals surface area (Å²) in [6, 6.07) is 25.6. The summed E-state index contributed by atoms with van der Waals surface area (Å²) in [7, 11) is 0. The van der Waals surface area contributed by atoms with Gasteiger partial charge in [0.2, 0.25) is 0 Å². The van der Waals surface area contributed by atoms with Gasteiger partial charge in [-0.3, -0.25) is 9.69 Å². The average Bonchev–Trinajstić information content (AvgIpc) is 2.97. The van der Waals surface area contributed by atoms with Crippen molar-refractivity contribution in [2.45, 2.75) is 13.1 Å². The Kier molecular flexibility index (Phi) is 8.48. The highest BCUT2D eigenvalue weighted by Gasteiger charge is 2.19. The summed E-state index contributed by atoms with van der Waals surface area (Å²) < 4.78 is 6.02. The number of hydrogen-bond acceptors (Lipinski definition) is 6. The largest absolute Gasteiger partial charge is 0.483 e. The van der Waals surface area contributed by atoms with Crippen LogP contribution in [0.2, 0.25) is 5.02 Å². The minimum atomic E-state index is -0.183. The third kappa shape index (κ3) is 6.88. The molecule has 1 amide bonds. The van der Waals surface area contributed by atoms with Crippen LogP contribution in [0.1, 0.15) is 11.1 Å². The lowest BCUT2D eigenvalue weighted by atomic mass is 10.1. The van der Waals surface area contributed by atoms with Crippen LogP contribution in [0.5, 0.6) is 5.75 Å². The van der Waals surface area contributed by atoms with Crippen molar-refractivity contribution in [3.63, 3.8) is 0 Å². The van der Waals surface area contributed by atoms with Gasteiger partial charge in [0, 0.05) is 73.5 Å². The molecule has 194 valence electrons. The third-order valence-electron chi connectivity index (χ3n) is 6.53. The lowest BCUT2D eigenvalue weighted by molar-refractivity contribution is -0.123. The van der Waals surface area contributed by atoms with E-state index in [9.17, 15) is 4.79 Å². The number of piperazine rings is 1. The number of halogens is 1. The van der Waals surface area contributed by atoms with E-state index >= 15 is 0 Å². The Hall–Kier alpha value is -3.94. The van der Waals surface area contributed by atoms with Crippen LogP contribution >= 0.6 is 11.6 Å². The van der Waals surface area contributed by atoms with E-state index < -0.39 is 0 Å². The number of benzene rings is 3. The molecule has 1 aromatic heterocycles. The normalized spacial score (nSPS) is 13.8. The Morgan fingerprint density at radius 2 is 1.63 bits per heavy atom. The first-order valence-corrected chi connectivity index (χ1v) is 13.1. The Balaban J connectivity index is 1.24. The van der Waals surface area contributed by atoms with Crippen LogP contribution < -0.4 is 15.0 Å². The van der Waals surface area contributed by atoms with Gasteiger partial charge < -0.3 is 15.0 Å². The maximum Gasteiger partial charge on any atom is 0.258 e. The second-order valence-electron chi connectivity index (χ2n) is 9.19. The van der Waals surface area contributed by atoms with E-state index in [0.29, 0.717) is 29.7 Å². The van der Waals surface area contributed by atoms with Gasteiger partial charge >= 0.3 is 0 Å². The topological polar surface area (TPSA) is 70.6 Å². The molecule has 0 bridgehead atoms. The zero-order valence-electron chi connectivity index (χ0n) is 21.1. The van der Waals surface area contributed by atoms with Crippen molar-refractivity contribution in [1.29, 1.82) is 0 Å². The number of hydrogen-bond donors (Lipinski definition) is 1. The number of nitrogens with one attached hydrogen (secondary N) is 1. The van der Waals surface area contributed by atoms with E-state index in [1.54, 1.807) is 18.5 Å². The molecule has 1 fully saturated rings. The molecular formula is C30H30ClN5O2. The fourth-order valence-electron chi connectivity index (χ4n) is 4.47. The van der Waals surface area contributed by atoms with E-state index in [4.69, 9.17) is 16.3 Å². The Morgan fingerprint density at radius 3 is 2.37 bits per heavy atom. The Labute approximate surface area is 228 Å². The van der Waals surface area contributed by atoms with E-state index in [-0.39, 0.29) is 12.5 Å². The molecule has 5 rings (SSSR count). The van der Waals surface area contributed by atoms with Crippen molar-refractivity contribution in [2.24, 2.45) is 0 Å². The zero-order chi connectivity index (χ0) is 26.2. The summed E-state index contributed by atoms with van der Waals surface area (Å²) >= 11 is 5.94. The minimum Gasteiger partial charge on any atom is -0.483 e. The van der Waals surface area contributed by atoms with Crippen molar-refractivity contribution in [2.75, 3.05) is 37.7 Å².